The van der Waals surface area contributed by atoms with Crippen molar-refractivity contribution in [3.8, 4) is 0 Å². The molecular formula is C16H19F3N2O5S. The summed E-state index contributed by atoms with van der Waals surface area (Å²) < 4.78 is 70.9. The number of amides is 1. The highest BCUT2D eigenvalue weighted by molar-refractivity contribution is 7.89. The zero-order valence-corrected chi connectivity index (χ0v) is 15.0. The molecule has 2 aliphatic rings. The topological polar surface area (TPSA) is 95.9 Å². The average Bonchev–Trinajstić information content (AvgIpc) is 2.96. The SMILES string of the molecule is O=C(O)N1CCC2(CC1)C[C@@H](NS(=O)(=O)c1ccc(C(F)(F)F)cc1)CO2. The maximum Gasteiger partial charge on any atom is 0.416 e. The lowest BCUT2D eigenvalue weighted by atomic mass is 9.88. The predicted molar refractivity (Wildman–Crippen MR) is 87.7 cm³/mol. The van der Waals surface area contributed by atoms with E-state index < -0.39 is 39.5 Å². The van der Waals surface area contributed by atoms with Gasteiger partial charge in [0.05, 0.1) is 22.7 Å². The molecule has 2 aliphatic heterocycles. The minimum absolute atomic E-state index is 0.132. The van der Waals surface area contributed by atoms with Crippen LogP contribution in [0.15, 0.2) is 29.2 Å². The lowest BCUT2D eigenvalue weighted by Gasteiger charge is -2.37. The van der Waals surface area contributed by atoms with Crippen molar-refractivity contribution in [1.82, 2.24) is 9.62 Å². The second-order valence-electron chi connectivity index (χ2n) is 6.81. The van der Waals surface area contributed by atoms with Crippen LogP contribution in [0.1, 0.15) is 24.8 Å². The Kier molecular flexibility index (Phi) is 5.12. The maximum absolute atomic E-state index is 12.6. The van der Waals surface area contributed by atoms with Crippen LogP contribution in [0.4, 0.5) is 18.0 Å². The van der Waals surface area contributed by atoms with Gasteiger partial charge < -0.3 is 14.7 Å². The second kappa shape index (κ2) is 6.95. The van der Waals surface area contributed by atoms with E-state index in [1.54, 1.807) is 0 Å². The van der Waals surface area contributed by atoms with Crippen LogP contribution in [0.5, 0.6) is 0 Å². The number of rotatable bonds is 3. The van der Waals surface area contributed by atoms with Gasteiger partial charge in [-0.05, 0) is 43.5 Å². The van der Waals surface area contributed by atoms with E-state index in [1.807, 2.05) is 0 Å². The second-order valence-corrected chi connectivity index (χ2v) is 8.52. The van der Waals surface area contributed by atoms with Gasteiger partial charge in [0.2, 0.25) is 10.0 Å². The number of carbonyl (C=O) groups is 1. The van der Waals surface area contributed by atoms with Gasteiger partial charge in [0.1, 0.15) is 0 Å². The van der Waals surface area contributed by atoms with Gasteiger partial charge in [0.15, 0.2) is 0 Å². The number of ether oxygens (including phenoxy) is 1. The van der Waals surface area contributed by atoms with Gasteiger partial charge in [0.25, 0.3) is 0 Å². The summed E-state index contributed by atoms with van der Waals surface area (Å²) in [6.07, 6.45) is -4.20. The number of hydrogen-bond donors (Lipinski definition) is 2. The third-order valence-corrected chi connectivity index (χ3v) is 6.50. The molecule has 2 saturated heterocycles. The summed E-state index contributed by atoms with van der Waals surface area (Å²) in [5.41, 5.74) is -1.49. The Hall–Kier alpha value is -1.85. The summed E-state index contributed by atoms with van der Waals surface area (Å²) in [6.45, 7) is 0.758. The van der Waals surface area contributed by atoms with Crippen LogP contribution in [0.25, 0.3) is 0 Å². The molecule has 0 bridgehead atoms. The van der Waals surface area contributed by atoms with Crippen LogP contribution in [0.2, 0.25) is 0 Å². The molecule has 2 N–H and O–H groups in total. The van der Waals surface area contributed by atoms with E-state index >= 15 is 0 Å². The van der Waals surface area contributed by atoms with Crippen molar-refractivity contribution in [3.05, 3.63) is 29.8 Å². The van der Waals surface area contributed by atoms with Crippen LogP contribution >= 0.6 is 0 Å². The fourth-order valence-corrected chi connectivity index (χ4v) is 4.71. The number of alkyl halides is 3. The first-order valence-electron chi connectivity index (χ1n) is 8.32. The van der Waals surface area contributed by atoms with E-state index in [4.69, 9.17) is 9.84 Å². The molecule has 1 aromatic rings. The molecule has 1 aromatic carbocycles. The molecule has 0 radical (unpaired) electrons. The first-order chi connectivity index (χ1) is 12.5. The largest absolute Gasteiger partial charge is 0.465 e. The Balaban J connectivity index is 1.63. The predicted octanol–water partition coefficient (Wildman–Crippen LogP) is 2.29. The van der Waals surface area contributed by atoms with Crippen molar-refractivity contribution >= 4 is 16.1 Å². The average molecular weight is 408 g/mol. The normalized spacial score (nSPS) is 22.9. The number of sulfonamides is 1. The van der Waals surface area contributed by atoms with E-state index in [0.29, 0.717) is 32.4 Å². The number of piperidine rings is 1. The Labute approximate surface area is 154 Å². The van der Waals surface area contributed by atoms with Gasteiger partial charge in [-0.1, -0.05) is 0 Å². The first kappa shape index (κ1) is 19.9. The zero-order chi connectivity index (χ0) is 19.9. The number of nitrogens with one attached hydrogen (secondary N) is 1. The maximum atomic E-state index is 12.6. The van der Waals surface area contributed by atoms with Crippen LogP contribution in [-0.2, 0) is 20.9 Å². The minimum Gasteiger partial charge on any atom is -0.465 e. The summed E-state index contributed by atoms with van der Waals surface area (Å²) in [7, 11) is -3.99. The Bertz CT molecular complexity index is 802. The molecule has 0 aliphatic carbocycles. The molecule has 1 spiro atoms. The van der Waals surface area contributed by atoms with E-state index in [2.05, 4.69) is 4.72 Å². The highest BCUT2D eigenvalue weighted by Gasteiger charge is 2.44. The quantitative estimate of drug-likeness (QED) is 0.800. The Morgan fingerprint density at radius 3 is 2.33 bits per heavy atom. The van der Waals surface area contributed by atoms with Crippen LogP contribution in [-0.4, -0.2) is 55.9 Å². The van der Waals surface area contributed by atoms with Gasteiger partial charge in [-0.25, -0.2) is 17.9 Å². The number of hydrogen-bond acceptors (Lipinski definition) is 4. The monoisotopic (exact) mass is 408 g/mol. The van der Waals surface area contributed by atoms with E-state index in [-0.39, 0.29) is 11.5 Å². The summed E-state index contributed by atoms with van der Waals surface area (Å²) in [5, 5.41) is 8.99. The molecule has 11 heteroatoms. The molecule has 2 fully saturated rings. The molecule has 0 aromatic heterocycles. The van der Waals surface area contributed by atoms with Gasteiger partial charge in [-0.3, -0.25) is 0 Å². The smallest absolute Gasteiger partial charge is 0.416 e. The Morgan fingerprint density at radius 2 is 1.81 bits per heavy atom. The summed E-state index contributed by atoms with van der Waals surface area (Å²) in [6, 6.07) is 2.77. The van der Waals surface area contributed by atoms with Crippen molar-refractivity contribution in [1.29, 1.82) is 0 Å². The molecule has 27 heavy (non-hydrogen) atoms. The van der Waals surface area contributed by atoms with Crippen LogP contribution in [0, 0.1) is 0 Å². The summed E-state index contributed by atoms with van der Waals surface area (Å²) >= 11 is 0. The molecule has 0 saturated carbocycles. The number of nitrogens with zero attached hydrogens (tertiary/aromatic N) is 1. The van der Waals surface area contributed by atoms with E-state index in [1.165, 1.54) is 4.90 Å². The molecule has 0 unspecified atom stereocenters. The molecular weight excluding hydrogens is 389 g/mol. The highest BCUT2D eigenvalue weighted by Crippen LogP contribution is 2.36. The number of carboxylic acid groups (broad SMARTS) is 1. The molecule has 1 atom stereocenters. The standard InChI is InChI=1S/C16H19F3N2O5S/c17-16(18,19)11-1-3-13(4-2-11)27(24,25)20-12-9-15(26-10-12)5-7-21(8-6-15)14(22)23/h1-4,12,20H,5-10H2,(H,22,23)/t12-/m1/s1. The number of likely N-dealkylation sites (tertiary alicyclic amines) is 1. The number of halogens is 3. The van der Waals surface area contributed by atoms with Crippen molar-refractivity contribution < 1.29 is 36.2 Å². The molecule has 2 heterocycles. The van der Waals surface area contributed by atoms with Gasteiger partial charge in [-0.2, -0.15) is 13.2 Å². The summed E-state index contributed by atoms with van der Waals surface area (Å²) in [5.74, 6) is 0. The molecule has 1 amide bonds. The van der Waals surface area contributed by atoms with Crippen molar-refractivity contribution in [2.24, 2.45) is 0 Å². The van der Waals surface area contributed by atoms with Crippen molar-refractivity contribution in [2.75, 3.05) is 19.7 Å². The van der Waals surface area contributed by atoms with Crippen molar-refractivity contribution in [3.63, 3.8) is 0 Å². The molecule has 150 valence electrons. The van der Waals surface area contributed by atoms with Crippen LogP contribution in [0.3, 0.4) is 0 Å². The van der Waals surface area contributed by atoms with Crippen LogP contribution < -0.4 is 4.72 Å². The molecule has 7 nitrogen and oxygen atoms in total. The lowest BCUT2D eigenvalue weighted by Crippen LogP contribution is -2.46. The van der Waals surface area contributed by atoms with E-state index in [9.17, 15) is 26.4 Å². The Morgan fingerprint density at radius 1 is 1.22 bits per heavy atom. The molecule has 3 rings (SSSR count). The van der Waals surface area contributed by atoms with Gasteiger partial charge >= 0.3 is 12.3 Å². The minimum atomic E-state index is -4.54. The highest BCUT2D eigenvalue weighted by atomic mass is 32.2. The fraction of sp³-hybridized carbons (Fsp3) is 0.562. The fourth-order valence-electron chi connectivity index (χ4n) is 3.48. The number of benzene rings is 1. The van der Waals surface area contributed by atoms with E-state index in [0.717, 1.165) is 24.3 Å². The third kappa shape index (κ3) is 4.36. The zero-order valence-electron chi connectivity index (χ0n) is 14.2. The first-order valence-corrected chi connectivity index (χ1v) is 9.81. The van der Waals surface area contributed by atoms with Crippen molar-refractivity contribution in [2.45, 2.75) is 42.0 Å². The van der Waals surface area contributed by atoms with Gasteiger partial charge in [-0.15, -0.1) is 0 Å². The van der Waals surface area contributed by atoms with Gasteiger partial charge in [0, 0.05) is 19.1 Å². The lowest BCUT2D eigenvalue weighted by molar-refractivity contribution is -0.137. The summed E-state index contributed by atoms with van der Waals surface area (Å²) in [4.78, 5) is 12.0. The third-order valence-electron chi connectivity index (χ3n) is 4.97.